The summed E-state index contributed by atoms with van der Waals surface area (Å²) in [6.07, 6.45) is 1.58. The molecular formula is C16H19NO3. The van der Waals surface area contributed by atoms with E-state index in [0.29, 0.717) is 18.0 Å². The summed E-state index contributed by atoms with van der Waals surface area (Å²) < 4.78 is 10.4. The van der Waals surface area contributed by atoms with Crippen LogP contribution in [0, 0.1) is 13.8 Å². The van der Waals surface area contributed by atoms with Crippen molar-refractivity contribution in [2.45, 2.75) is 33.6 Å². The van der Waals surface area contributed by atoms with Crippen LogP contribution in [-0.2, 0) is 11.2 Å². The number of methoxy groups -OCH3 is 1. The predicted molar refractivity (Wildman–Crippen MR) is 76.7 cm³/mol. The highest BCUT2D eigenvalue weighted by Crippen LogP contribution is 2.29. The number of benzene rings is 1. The fourth-order valence-corrected chi connectivity index (χ4v) is 2.27. The van der Waals surface area contributed by atoms with Crippen molar-refractivity contribution in [3.63, 3.8) is 0 Å². The van der Waals surface area contributed by atoms with Gasteiger partial charge in [0, 0.05) is 5.56 Å². The molecule has 20 heavy (non-hydrogen) atoms. The van der Waals surface area contributed by atoms with Gasteiger partial charge >= 0.3 is 5.97 Å². The average Bonchev–Trinajstić information content (AvgIpc) is 2.82. The van der Waals surface area contributed by atoms with Crippen molar-refractivity contribution in [2.75, 3.05) is 7.11 Å². The van der Waals surface area contributed by atoms with Gasteiger partial charge in [-0.2, -0.15) is 0 Å². The number of rotatable bonds is 4. The molecule has 0 bridgehead atoms. The quantitative estimate of drug-likeness (QED) is 0.797. The van der Waals surface area contributed by atoms with Crippen LogP contribution in [-0.4, -0.2) is 18.1 Å². The smallest absolute Gasteiger partial charge is 0.376 e. The Kier molecular flexibility index (Phi) is 4.23. The van der Waals surface area contributed by atoms with Gasteiger partial charge in [-0.3, -0.25) is 0 Å². The summed E-state index contributed by atoms with van der Waals surface area (Å²) in [6.45, 7) is 6.04. The summed E-state index contributed by atoms with van der Waals surface area (Å²) >= 11 is 0. The standard InChI is InChI=1S/C16H19NO3/c1-5-7-12-14(16(18)19-4)20-15(17-12)13-10(2)8-6-9-11(13)3/h6,8-9H,5,7H2,1-4H3. The molecule has 1 heterocycles. The van der Waals surface area contributed by atoms with Gasteiger partial charge in [0.15, 0.2) is 0 Å². The molecule has 4 nitrogen and oxygen atoms in total. The molecule has 0 radical (unpaired) electrons. The summed E-state index contributed by atoms with van der Waals surface area (Å²) in [6, 6.07) is 6.00. The van der Waals surface area contributed by atoms with Crippen molar-refractivity contribution in [3.8, 4) is 11.5 Å². The number of nitrogens with zero attached hydrogens (tertiary/aromatic N) is 1. The van der Waals surface area contributed by atoms with Crippen LogP contribution < -0.4 is 0 Å². The lowest BCUT2D eigenvalue weighted by Crippen LogP contribution is -2.03. The van der Waals surface area contributed by atoms with Crippen LogP contribution in [0.5, 0.6) is 0 Å². The fraction of sp³-hybridized carbons (Fsp3) is 0.375. The van der Waals surface area contributed by atoms with E-state index >= 15 is 0 Å². The van der Waals surface area contributed by atoms with E-state index in [-0.39, 0.29) is 5.76 Å². The van der Waals surface area contributed by atoms with E-state index in [0.717, 1.165) is 23.1 Å². The first-order valence-corrected chi connectivity index (χ1v) is 6.73. The first-order valence-electron chi connectivity index (χ1n) is 6.73. The van der Waals surface area contributed by atoms with Crippen molar-refractivity contribution < 1.29 is 13.9 Å². The Morgan fingerprint density at radius 1 is 1.30 bits per heavy atom. The number of hydrogen-bond donors (Lipinski definition) is 0. The van der Waals surface area contributed by atoms with Gasteiger partial charge in [-0.1, -0.05) is 31.5 Å². The predicted octanol–water partition coefficient (Wildman–Crippen LogP) is 3.70. The van der Waals surface area contributed by atoms with Crippen molar-refractivity contribution in [3.05, 3.63) is 40.8 Å². The Labute approximate surface area is 118 Å². The largest absolute Gasteiger partial charge is 0.463 e. The first-order chi connectivity index (χ1) is 9.58. The zero-order valence-electron chi connectivity index (χ0n) is 12.3. The molecule has 106 valence electrons. The second-order valence-corrected chi connectivity index (χ2v) is 4.80. The lowest BCUT2D eigenvalue weighted by molar-refractivity contribution is 0.0564. The maximum absolute atomic E-state index is 11.8. The summed E-state index contributed by atoms with van der Waals surface area (Å²) in [7, 11) is 1.35. The molecule has 4 heteroatoms. The molecule has 0 amide bonds. The number of carbonyl (C=O) groups excluding carboxylic acids is 1. The lowest BCUT2D eigenvalue weighted by Gasteiger charge is -2.04. The van der Waals surface area contributed by atoms with Crippen LogP contribution in [0.3, 0.4) is 0 Å². The van der Waals surface area contributed by atoms with Crippen LogP contribution >= 0.6 is 0 Å². The number of carbonyl (C=O) groups is 1. The number of aryl methyl sites for hydroxylation is 3. The molecule has 2 aromatic rings. The van der Waals surface area contributed by atoms with Crippen LogP contribution in [0.1, 0.15) is 40.7 Å². The maximum Gasteiger partial charge on any atom is 0.376 e. The topological polar surface area (TPSA) is 52.3 Å². The number of oxazole rings is 1. The van der Waals surface area contributed by atoms with Gasteiger partial charge in [0.2, 0.25) is 11.7 Å². The van der Waals surface area contributed by atoms with Gasteiger partial charge < -0.3 is 9.15 Å². The molecule has 0 aliphatic rings. The third-order valence-electron chi connectivity index (χ3n) is 3.25. The number of hydrogen-bond acceptors (Lipinski definition) is 4. The molecule has 0 aliphatic heterocycles. The van der Waals surface area contributed by atoms with E-state index in [9.17, 15) is 4.79 Å². The van der Waals surface area contributed by atoms with Crippen LogP contribution in [0.15, 0.2) is 22.6 Å². The normalized spacial score (nSPS) is 10.6. The highest BCUT2D eigenvalue weighted by atomic mass is 16.5. The molecular weight excluding hydrogens is 254 g/mol. The van der Waals surface area contributed by atoms with Gasteiger partial charge in [0.1, 0.15) is 0 Å². The second-order valence-electron chi connectivity index (χ2n) is 4.80. The van der Waals surface area contributed by atoms with E-state index in [2.05, 4.69) is 4.98 Å². The number of ether oxygens (including phenoxy) is 1. The summed E-state index contributed by atoms with van der Waals surface area (Å²) in [4.78, 5) is 16.3. The molecule has 0 saturated heterocycles. The van der Waals surface area contributed by atoms with E-state index < -0.39 is 5.97 Å². The fourth-order valence-electron chi connectivity index (χ4n) is 2.27. The van der Waals surface area contributed by atoms with Crippen LogP contribution in [0.25, 0.3) is 11.5 Å². The highest BCUT2D eigenvalue weighted by Gasteiger charge is 2.22. The van der Waals surface area contributed by atoms with E-state index in [1.165, 1.54) is 7.11 Å². The number of esters is 1. The van der Waals surface area contributed by atoms with Gasteiger partial charge in [0.05, 0.1) is 12.8 Å². The molecule has 0 unspecified atom stereocenters. The SMILES string of the molecule is CCCc1nc(-c2c(C)cccc2C)oc1C(=O)OC. The van der Waals surface area contributed by atoms with Gasteiger partial charge in [0.25, 0.3) is 0 Å². The monoisotopic (exact) mass is 273 g/mol. The van der Waals surface area contributed by atoms with E-state index in [1.54, 1.807) is 0 Å². The minimum absolute atomic E-state index is 0.215. The molecule has 0 fully saturated rings. The molecule has 0 aliphatic carbocycles. The minimum atomic E-state index is -0.474. The van der Waals surface area contributed by atoms with Gasteiger partial charge in [-0.25, -0.2) is 9.78 Å². The van der Waals surface area contributed by atoms with Crippen molar-refractivity contribution in [1.29, 1.82) is 0 Å². The lowest BCUT2D eigenvalue weighted by atomic mass is 10.0. The Morgan fingerprint density at radius 2 is 1.95 bits per heavy atom. The molecule has 0 N–H and O–H groups in total. The minimum Gasteiger partial charge on any atom is -0.463 e. The third kappa shape index (κ3) is 2.59. The van der Waals surface area contributed by atoms with Crippen LogP contribution in [0.2, 0.25) is 0 Å². The Bertz CT molecular complexity index is 608. The Morgan fingerprint density at radius 3 is 2.50 bits per heavy atom. The molecule has 1 aromatic carbocycles. The summed E-state index contributed by atoms with van der Waals surface area (Å²) in [5.74, 6) is 0.231. The van der Waals surface area contributed by atoms with Crippen molar-refractivity contribution in [2.24, 2.45) is 0 Å². The number of aromatic nitrogens is 1. The third-order valence-corrected chi connectivity index (χ3v) is 3.25. The van der Waals surface area contributed by atoms with Crippen LogP contribution in [0.4, 0.5) is 0 Å². The van der Waals surface area contributed by atoms with E-state index in [1.807, 2.05) is 39.0 Å². The Balaban J connectivity index is 2.56. The molecule has 1 aromatic heterocycles. The first kappa shape index (κ1) is 14.3. The second kappa shape index (κ2) is 5.90. The van der Waals surface area contributed by atoms with E-state index in [4.69, 9.17) is 9.15 Å². The molecule has 0 saturated carbocycles. The zero-order chi connectivity index (χ0) is 14.7. The molecule has 2 rings (SSSR count). The summed E-state index contributed by atoms with van der Waals surface area (Å²) in [5, 5.41) is 0. The van der Waals surface area contributed by atoms with Crippen molar-refractivity contribution in [1.82, 2.24) is 4.98 Å². The average molecular weight is 273 g/mol. The summed E-state index contributed by atoms with van der Waals surface area (Å²) in [5.41, 5.74) is 3.76. The molecule has 0 atom stereocenters. The molecule has 0 spiro atoms. The van der Waals surface area contributed by atoms with Crippen molar-refractivity contribution >= 4 is 5.97 Å². The maximum atomic E-state index is 11.8. The Hall–Kier alpha value is -2.10. The zero-order valence-corrected chi connectivity index (χ0v) is 12.3. The highest BCUT2D eigenvalue weighted by molar-refractivity contribution is 5.88. The van der Waals surface area contributed by atoms with Gasteiger partial charge in [-0.15, -0.1) is 0 Å². The van der Waals surface area contributed by atoms with Gasteiger partial charge in [-0.05, 0) is 31.4 Å².